The molecule has 0 aromatic rings. The van der Waals surface area contributed by atoms with Gasteiger partial charge in [-0.05, 0) is 47.9 Å². The summed E-state index contributed by atoms with van der Waals surface area (Å²) in [6.07, 6.45) is 14.7. The maximum atomic E-state index is 5.47. The van der Waals surface area contributed by atoms with Crippen molar-refractivity contribution in [3.05, 3.63) is 49.2 Å². The van der Waals surface area contributed by atoms with Gasteiger partial charge in [-0.15, -0.1) is 0 Å². The van der Waals surface area contributed by atoms with Crippen LogP contribution in [-0.4, -0.2) is 18.5 Å². The summed E-state index contributed by atoms with van der Waals surface area (Å²) in [4.78, 5) is 0. The third-order valence-corrected chi connectivity index (χ3v) is 8.86. The molecule has 0 saturated carbocycles. The Morgan fingerprint density at radius 3 is 1.44 bits per heavy atom. The van der Waals surface area contributed by atoms with E-state index in [-0.39, 0.29) is 21.7 Å². The van der Waals surface area contributed by atoms with Crippen LogP contribution in [0.15, 0.2) is 54.0 Å². The molecule has 27 heavy (non-hydrogen) atoms. The minimum Gasteiger partial charge on any atom is -0.272 e. The average Bonchev–Trinajstić information content (AvgIpc) is 2.84. The molecule has 0 heterocycles. The van der Waals surface area contributed by atoms with E-state index >= 15 is 0 Å². The zero-order valence-electron chi connectivity index (χ0n) is 19.5. The van der Waals surface area contributed by atoms with Gasteiger partial charge < -0.3 is 0 Å². The van der Waals surface area contributed by atoms with E-state index in [1.807, 2.05) is 0 Å². The van der Waals surface area contributed by atoms with Crippen LogP contribution in [0.4, 0.5) is 0 Å². The first-order chi connectivity index (χ1) is 11.6. The standard InChI is InChI=1S/C20H38NP.C4H6.Ti/c1-18(2,3)14-22(15-19(4,5)6,16-20(7,8)9)21-17-12-10-11-13-17;1-3-4-2;/h10-12H,13-16H2,1-9H3;3-4H,1-2H2;. The molecular formula is C24H44NPTi. The first-order valence-electron chi connectivity index (χ1n) is 9.80. The summed E-state index contributed by atoms with van der Waals surface area (Å²) < 4.78 is 5.47. The minimum atomic E-state index is -1.39. The van der Waals surface area contributed by atoms with Gasteiger partial charge in [0.05, 0.1) is 0 Å². The second kappa shape index (κ2) is 11.8. The molecule has 0 N–H and O–H groups in total. The van der Waals surface area contributed by atoms with E-state index in [0.29, 0.717) is 16.2 Å². The summed E-state index contributed by atoms with van der Waals surface area (Å²) in [5.41, 5.74) is 2.31. The molecule has 1 rings (SSSR count). The molecule has 1 aliphatic carbocycles. The van der Waals surface area contributed by atoms with Gasteiger partial charge in [0.1, 0.15) is 0 Å². The van der Waals surface area contributed by atoms with E-state index in [1.54, 1.807) is 12.2 Å². The molecular weight excluding hydrogens is 381 g/mol. The minimum absolute atomic E-state index is 0. The van der Waals surface area contributed by atoms with E-state index in [9.17, 15) is 0 Å². The quantitative estimate of drug-likeness (QED) is 0.238. The van der Waals surface area contributed by atoms with Crippen molar-refractivity contribution in [3.8, 4) is 0 Å². The van der Waals surface area contributed by atoms with Gasteiger partial charge in [-0.1, -0.05) is 99.8 Å². The first-order valence-corrected chi connectivity index (χ1v) is 12.1. The second-order valence-corrected chi connectivity index (χ2v) is 14.5. The molecule has 1 nitrogen and oxygen atoms in total. The largest absolute Gasteiger partial charge is 0.272 e. The fourth-order valence-corrected chi connectivity index (χ4v) is 10.2. The predicted molar refractivity (Wildman–Crippen MR) is 125 cm³/mol. The first kappa shape index (κ1) is 29.1. The molecule has 0 bridgehead atoms. The molecule has 0 aliphatic heterocycles. The van der Waals surface area contributed by atoms with Crippen LogP contribution in [0.25, 0.3) is 0 Å². The third-order valence-electron chi connectivity index (χ3n) is 3.56. The fourth-order valence-electron chi connectivity index (χ4n) is 3.71. The van der Waals surface area contributed by atoms with Crippen molar-refractivity contribution in [2.24, 2.45) is 21.0 Å². The van der Waals surface area contributed by atoms with Crippen LogP contribution in [0.5, 0.6) is 0 Å². The summed E-state index contributed by atoms with van der Waals surface area (Å²) >= 11 is 0. The van der Waals surface area contributed by atoms with Gasteiger partial charge in [-0.2, -0.15) is 0 Å². The zero-order valence-corrected chi connectivity index (χ0v) is 22.0. The molecule has 0 aromatic carbocycles. The molecule has 0 amide bonds. The predicted octanol–water partition coefficient (Wildman–Crippen LogP) is 8.53. The van der Waals surface area contributed by atoms with Crippen LogP contribution < -0.4 is 0 Å². The molecule has 3 heteroatoms. The Morgan fingerprint density at radius 1 is 0.852 bits per heavy atom. The third kappa shape index (κ3) is 15.5. The summed E-state index contributed by atoms with van der Waals surface area (Å²) in [5.74, 6) is 0. The van der Waals surface area contributed by atoms with Crippen molar-refractivity contribution in [3.63, 3.8) is 0 Å². The molecule has 1 aliphatic rings. The average molecular weight is 425 g/mol. The van der Waals surface area contributed by atoms with Gasteiger partial charge in [0.2, 0.25) is 0 Å². The monoisotopic (exact) mass is 425 g/mol. The van der Waals surface area contributed by atoms with Crippen LogP contribution in [0, 0.1) is 16.2 Å². The molecule has 0 spiro atoms. The summed E-state index contributed by atoms with van der Waals surface area (Å²) in [5, 5.41) is 0. The van der Waals surface area contributed by atoms with Crippen molar-refractivity contribution in [1.29, 1.82) is 0 Å². The molecule has 0 aromatic heterocycles. The maximum absolute atomic E-state index is 5.47. The normalized spacial score (nSPS) is 14.5. The van der Waals surface area contributed by atoms with Gasteiger partial charge in [0.15, 0.2) is 0 Å². The maximum Gasteiger partial charge on any atom is 0.0425 e. The fraction of sp³-hybridized carbons (Fsp3) is 0.667. The van der Waals surface area contributed by atoms with E-state index in [0.717, 1.165) is 6.42 Å². The molecule has 154 valence electrons. The van der Waals surface area contributed by atoms with E-state index in [1.165, 1.54) is 24.2 Å². The SMILES string of the molecule is C=CC=C.CC(C)(C)CP(CC(C)(C)C)(CC(C)(C)C)=NC1=CC=CC1.[Ti]. The van der Waals surface area contributed by atoms with Crippen molar-refractivity contribution in [1.82, 2.24) is 0 Å². The van der Waals surface area contributed by atoms with E-state index in [4.69, 9.17) is 4.74 Å². The van der Waals surface area contributed by atoms with Crippen LogP contribution in [0.3, 0.4) is 0 Å². The topological polar surface area (TPSA) is 12.4 Å². The Bertz CT molecular complexity index is 521. The van der Waals surface area contributed by atoms with Crippen molar-refractivity contribution < 1.29 is 21.7 Å². The van der Waals surface area contributed by atoms with Gasteiger partial charge >= 0.3 is 0 Å². The van der Waals surface area contributed by atoms with Gasteiger partial charge in [0.25, 0.3) is 0 Å². The number of nitrogens with zero attached hydrogens (tertiary/aromatic N) is 1. The molecule has 0 radical (unpaired) electrons. The smallest absolute Gasteiger partial charge is 0.0425 e. The molecule has 0 saturated heterocycles. The van der Waals surface area contributed by atoms with Crippen LogP contribution in [0.2, 0.25) is 0 Å². The van der Waals surface area contributed by atoms with Gasteiger partial charge in [-0.3, -0.25) is 4.74 Å². The molecule has 0 fully saturated rings. The summed E-state index contributed by atoms with van der Waals surface area (Å²) in [7, 11) is -1.39. The Labute approximate surface area is 185 Å². The Balaban J connectivity index is 0. The van der Waals surface area contributed by atoms with Crippen LogP contribution in [0.1, 0.15) is 68.7 Å². The number of hydrogen-bond acceptors (Lipinski definition) is 1. The molecule has 0 unspecified atom stereocenters. The Kier molecular flexibility index (Phi) is 12.7. The van der Waals surface area contributed by atoms with Crippen molar-refractivity contribution in [2.75, 3.05) is 18.5 Å². The van der Waals surface area contributed by atoms with E-state index < -0.39 is 7.05 Å². The number of hydrogen-bond donors (Lipinski definition) is 0. The number of allylic oxidation sites excluding steroid dienone is 5. The van der Waals surface area contributed by atoms with Crippen LogP contribution in [-0.2, 0) is 21.7 Å². The zero-order chi connectivity index (χ0) is 20.6. The van der Waals surface area contributed by atoms with Crippen molar-refractivity contribution >= 4 is 7.05 Å². The Hall–Kier alpha value is -0.0957. The Morgan fingerprint density at radius 2 is 1.22 bits per heavy atom. The summed E-state index contributed by atoms with van der Waals surface area (Å²) in [6, 6.07) is 0. The number of rotatable bonds is 5. The van der Waals surface area contributed by atoms with Gasteiger partial charge in [-0.25, -0.2) is 0 Å². The van der Waals surface area contributed by atoms with E-state index in [2.05, 4.69) is 93.7 Å². The van der Waals surface area contributed by atoms with Crippen LogP contribution >= 0.6 is 7.05 Å². The second-order valence-electron chi connectivity index (χ2n) is 11.1. The molecule has 0 atom stereocenters. The summed E-state index contributed by atoms with van der Waals surface area (Å²) in [6.45, 7) is 28.1. The van der Waals surface area contributed by atoms with Crippen molar-refractivity contribution in [2.45, 2.75) is 68.7 Å². The van der Waals surface area contributed by atoms with Gasteiger partial charge in [0, 0.05) is 33.8 Å².